The number of halogens is 2. The topological polar surface area (TPSA) is 221 Å². The largest absolute Gasteiger partial charge is 0.487 e. The first-order chi connectivity index (χ1) is 29.7. The molecule has 0 fully saturated rings. The minimum Gasteiger partial charge on any atom is -0.487 e. The monoisotopic (exact) mass is 855 g/mol. The molecular formula is C40H27F2N13O4S2. The number of aromatic amines is 2. The predicted molar refractivity (Wildman–Crippen MR) is 222 cm³/mol. The first-order valence-corrected chi connectivity index (χ1v) is 19.9. The number of fused-ring (bicyclic) bond motifs is 4. The van der Waals surface area contributed by atoms with E-state index in [2.05, 4.69) is 57.3 Å². The van der Waals surface area contributed by atoms with E-state index < -0.39 is 18.7 Å². The number of rotatable bonds is 12. The molecule has 0 bridgehead atoms. The van der Waals surface area contributed by atoms with Crippen molar-refractivity contribution in [2.45, 2.75) is 26.4 Å². The molecule has 8 aromatic heterocycles. The van der Waals surface area contributed by atoms with Crippen LogP contribution in [0.4, 0.5) is 20.2 Å². The van der Waals surface area contributed by atoms with Gasteiger partial charge < -0.3 is 25.2 Å². The maximum Gasteiger partial charge on any atom is 0.387 e. The van der Waals surface area contributed by atoms with Crippen LogP contribution in [-0.2, 0) is 6.61 Å². The van der Waals surface area contributed by atoms with Crippen LogP contribution in [-0.4, -0.2) is 67.2 Å². The third kappa shape index (κ3) is 6.89. The van der Waals surface area contributed by atoms with Crippen LogP contribution >= 0.6 is 22.7 Å². The number of nitrogens with zero attached hydrogens (tertiary/aromatic N) is 9. The molecule has 2 aromatic carbocycles. The number of anilines is 2. The van der Waals surface area contributed by atoms with Gasteiger partial charge in [-0.3, -0.25) is 15.0 Å². The Balaban J connectivity index is 0.933. The van der Waals surface area contributed by atoms with Crippen LogP contribution in [0.1, 0.15) is 37.6 Å². The zero-order valence-corrected chi connectivity index (χ0v) is 32.9. The minimum absolute atomic E-state index is 0.0376. The number of thiophene rings is 2. The Bertz CT molecular complexity index is 3340. The lowest BCUT2D eigenvalue weighted by molar-refractivity contribution is -0.0493. The summed E-state index contributed by atoms with van der Waals surface area (Å²) in [5.41, 5.74) is 3.96. The van der Waals surface area contributed by atoms with Crippen molar-refractivity contribution < 1.29 is 28.2 Å². The number of nitriles is 1. The number of ether oxygens (including phenoxy) is 2. The molecule has 1 unspecified atom stereocenters. The predicted octanol–water partition coefficient (Wildman–Crippen LogP) is 7.70. The first kappa shape index (κ1) is 37.5. The van der Waals surface area contributed by atoms with Gasteiger partial charge in [-0.2, -0.15) is 34.4 Å². The minimum atomic E-state index is -3.08. The maximum atomic E-state index is 13.8. The molecule has 8 heterocycles. The van der Waals surface area contributed by atoms with Crippen LogP contribution in [0.15, 0.2) is 91.9 Å². The number of aromatic nitrogens is 10. The summed E-state index contributed by atoms with van der Waals surface area (Å²) in [7, 11) is 0. The van der Waals surface area contributed by atoms with E-state index in [0.29, 0.717) is 44.5 Å². The zero-order chi connectivity index (χ0) is 41.8. The van der Waals surface area contributed by atoms with E-state index in [1.165, 1.54) is 58.0 Å². The second-order valence-electron chi connectivity index (χ2n) is 13.5. The number of hydrogen-bond acceptors (Lipinski definition) is 14. The van der Waals surface area contributed by atoms with Crippen molar-refractivity contribution in [3.8, 4) is 40.1 Å². The number of aliphatic hydroxyl groups is 1. The number of hydrogen-bond donors (Lipinski definition) is 5. The Morgan fingerprint density at radius 1 is 0.934 bits per heavy atom. The van der Waals surface area contributed by atoms with Gasteiger partial charge in [-0.1, -0.05) is 0 Å². The number of amides is 1. The fourth-order valence-electron chi connectivity index (χ4n) is 7.02. The van der Waals surface area contributed by atoms with Crippen molar-refractivity contribution in [1.82, 2.24) is 49.6 Å². The van der Waals surface area contributed by atoms with Gasteiger partial charge in [-0.05, 0) is 66.2 Å². The van der Waals surface area contributed by atoms with E-state index in [-0.39, 0.29) is 40.5 Å². The zero-order valence-electron chi connectivity index (χ0n) is 31.3. The van der Waals surface area contributed by atoms with Gasteiger partial charge in [0.1, 0.15) is 46.0 Å². The number of carbonyl (C=O) groups is 1. The van der Waals surface area contributed by atoms with E-state index >= 15 is 0 Å². The number of aliphatic hydroxyl groups excluding tert-OH is 1. The molecule has 0 aliphatic heterocycles. The average Bonchev–Trinajstić information content (AvgIpc) is 4.11. The molecular weight excluding hydrogens is 829 g/mol. The third-order valence-corrected chi connectivity index (χ3v) is 11.7. The second kappa shape index (κ2) is 15.1. The molecule has 0 saturated carbocycles. The van der Waals surface area contributed by atoms with Crippen LogP contribution in [0.5, 0.6) is 11.5 Å². The van der Waals surface area contributed by atoms with Crippen LogP contribution < -0.4 is 20.1 Å². The van der Waals surface area contributed by atoms with E-state index in [0.717, 1.165) is 25.0 Å². The average molecular weight is 856 g/mol. The highest BCUT2D eigenvalue weighted by Gasteiger charge is 2.24. The Morgan fingerprint density at radius 3 is 2.54 bits per heavy atom. The summed E-state index contributed by atoms with van der Waals surface area (Å²) in [5.74, 6) is -0.253. The molecule has 10 aromatic rings. The SMILES string of the molecule is Cc1cc2cc(OC(F)F)c(-c3n[nH]cc3NC(=O)c3cnn4c(COc5cc6sc(C#N)cc6cc5-c5n[nH]cc5NC(O)c5cnn6cccnc56)ccnc34)cc2s1. The van der Waals surface area contributed by atoms with Crippen LogP contribution in [0.2, 0.25) is 0 Å². The normalized spacial score (nSPS) is 12.1. The second-order valence-corrected chi connectivity index (χ2v) is 15.9. The first-order valence-electron chi connectivity index (χ1n) is 18.2. The molecule has 0 spiro atoms. The highest BCUT2D eigenvalue weighted by atomic mass is 32.1. The van der Waals surface area contributed by atoms with Crippen LogP contribution in [0, 0.1) is 18.3 Å². The molecule has 5 N–H and O–H groups in total. The summed E-state index contributed by atoms with van der Waals surface area (Å²) >= 11 is 2.80. The Morgan fingerprint density at radius 2 is 1.70 bits per heavy atom. The molecule has 0 aliphatic carbocycles. The van der Waals surface area contributed by atoms with E-state index in [1.54, 1.807) is 47.4 Å². The van der Waals surface area contributed by atoms with E-state index in [4.69, 9.17) is 9.47 Å². The standard InChI is InChI=1S/C40H27F2N13O4S2/c1-19-7-20-10-31(59-40(41)42)25(11-32(20)60-19)35-29(17-47-53-35)51-39(57)27-15-49-55-22(3-5-45-37(27)55)18-58-30-12-33-21(8-23(13-43)61-33)9-24(30)34-28(16-46-52-34)50-38(56)26-14-48-54-6-2-4-44-36(26)54/h2-12,14-17,38,40,50,56H,18H2,1H3,(H,46,52)(H,47,53)(H,51,57). The van der Waals surface area contributed by atoms with Gasteiger partial charge in [-0.15, -0.1) is 22.7 Å². The summed E-state index contributed by atoms with van der Waals surface area (Å²) < 4.78 is 43.0. The summed E-state index contributed by atoms with van der Waals surface area (Å²) in [5, 5.41) is 51.4. The number of H-pyrrole nitrogens is 2. The van der Waals surface area contributed by atoms with Gasteiger partial charge in [0, 0.05) is 56.4 Å². The van der Waals surface area contributed by atoms with Gasteiger partial charge in [0.05, 0.1) is 35.0 Å². The number of aryl methyl sites for hydroxylation is 1. The molecule has 1 amide bonds. The molecule has 21 heteroatoms. The van der Waals surface area contributed by atoms with Gasteiger partial charge in [-0.25, -0.2) is 19.0 Å². The van der Waals surface area contributed by atoms with Gasteiger partial charge in [0.15, 0.2) is 17.5 Å². The number of alkyl halides is 2. The summed E-state index contributed by atoms with van der Waals surface area (Å²) in [6, 6.07) is 16.2. The van der Waals surface area contributed by atoms with Crippen LogP contribution in [0.3, 0.4) is 0 Å². The summed E-state index contributed by atoms with van der Waals surface area (Å²) in [6.07, 6.45) is 9.61. The Kier molecular flexibility index (Phi) is 9.27. The van der Waals surface area contributed by atoms with Gasteiger partial charge in [0.25, 0.3) is 5.91 Å². The van der Waals surface area contributed by atoms with Crippen molar-refractivity contribution in [2.75, 3.05) is 10.6 Å². The smallest absolute Gasteiger partial charge is 0.387 e. The molecule has 302 valence electrons. The highest BCUT2D eigenvalue weighted by Crippen LogP contribution is 2.42. The summed E-state index contributed by atoms with van der Waals surface area (Å²) in [4.78, 5) is 24.1. The maximum absolute atomic E-state index is 13.8. The molecule has 0 radical (unpaired) electrons. The Hall–Kier alpha value is -7.80. The third-order valence-electron chi connectivity index (χ3n) is 9.72. The van der Waals surface area contributed by atoms with Crippen molar-refractivity contribution >= 4 is 71.4 Å². The lowest BCUT2D eigenvalue weighted by Crippen LogP contribution is -2.13. The summed E-state index contributed by atoms with van der Waals surface area (Å²) in [6.45, 7) is -1.20. The molecule has 61 heavy (non-hydrogen) atoms. The van der Waals surface area contributed by atoms with Gasteiger partial charge in [0.2, 0.25) is 0 Å². The number of benzene rings is 2. The van der Waals surface area contributed by atoms with Crippen molar-refractivity contribution in [3.63, 3.8) is 0 Å². The molecule has 10 rings (SSSR count). The molecule has 0 saturated heterocycles. The highest BCUT2D eigenvalue weighted by molar-refractivity contribution is 7.19. The van der Waals surface area contributed by atoms with Crippen molar-refractivity contribution in [2.24, 2.45) is 0 Å². The van der Waals surface area contributed by atoms with E-state index in [1.807, 2.05) is 25.1 Å². The molecule has 0 aliphatic rings. The lowest BCUT2D eigenvalue weighted by atomic mass is 10.1. The molecule has 17 nitrogen and oxygen atoms in total. The van der Waals surface area contributed by atoms with Crippen molar-refractivity contribution in [3.05, 3.63) is 118 Å². The van der Waals surface area contributed by atoms with Crippen LogP contribution in [0.25, 0.3) is 54.0 Å². The lowest BCUT2D eigenvalue weighted by Gasteiger charge is -2.15. The van der Waals surface area contributed by atoms with E-state index in [9.17, 15) is 23.9 Å². The quantitative estimate of drug-likeness (QED) is 0.0747. The Labute approximate surface area is 348 Å². The fraction of sp³-hybridized carbons (Fsp3) is 0.100. The fourth-order valence-corrected chi connectivity index (χ4v) is 8.83. The number of carbonyl (C=O) groups excluding carboxylic acids is 1. The number of nitrogens with one attached hydrogen (secondary N) is 4. The van der Waals surface area contributed by atoms with Crippen molar-refractivity contribution in [1.29, 1.82) is 5.26 Å². The van der Waals surface area contributed by atoms with Gasteiger partial charge >= 0.3 is 6.61 Å². The molecule has 1 atom stereocenters.